The van der Waals surface area contributed by atoms with Gasteiger partial charge in [0.1, 0.15) is 0 Å². The van der Waals surface area contributed by atoms with Crippen molar-refractivity contribution in [2.24, 2.45) is 0 Å². The molecule has 3 rings (SSSR count). The van der Waals surface area contributed by atoms with Crippen LogP contribution in [0.2, 0.25) is 0 Å². The summed E-state index contributed by atoms with van der Waals surface area (Å²) in [5.74, 6) is -1.62. The van der Waals surface area contributed by atoms with Gasteiger partial charge < -0.3 is 10.1 Å². The van der Waals surface area contributed by atoms with Gasteiger partial charge in [0, 0.05) is 7.05 Å². The van der Waals surface area contributed by atoms with Crippen molar-refractivity contribution in [2.75, 3.05) is 31.6 Å². The number of benzene rings is 1. The first-order chi connectivity index (χ1) is 14.3. The van der Waals surface area contributed by atoms with Gasteiger partial charge in [-0.3, -0.25) is 4.79 Å². The van der Waals surface area contributed by atoms with Crippen molar-refractivity contribution in [1.29, 1.82) is 0 Å². The van der Waals surface area contributed by atoms with Gasteiger partial charge in [-0.1, -0.05) is 0 Å². The van der Waals surface area contributed by atoms with E-state index >= 15 is 0 Å². The minimum atomic E-state index is -1.58. The fourth-order valence-electron chi connectivity index (χ4n) is 3.30. The van der Waals surface area contributed by atoms with Gasteiger partial charge in [0.05, 0.1) is 6.54 Å². The van der Waals surface area contributed by atoms with Crippen LogP contribution in [0.1, 0.15) is 12.0 Å². The van der Waals surface area contributed by atoms with Gasteiger partial charge in [0.15, 0.2) is 6.10 Å². The van der Waals surface area contributed by atoms with Crippen LogP contribution in [-0.2, 0) is 18.9 Å². The molecular formula is C19H19FN3O6P. The quantitative estimate of drug-likeness (QED) is 0.685. The molecule has 3 amide bonds. The van der Waals surface area contributed by atoms with E-state index in [1.165, 1.54) is 29.0 Å². The summed E-state index contributed by atoms with van der Waals surface area (Å²) >= 11 is 0. The van der Waals surface area contributed by atoms with Crippen molar-refractivity contribution in [1.82, 2.24) is 10.2 Å². The summed E-state index contributed by atoms with van der Waals surface area (Å²) in [5.41, 5.74) is 3.36. The fourth-order valence-corrected chi connectivity index (χ4v) is 3.51. The average molecular weight is 435 g/mol. The Kier molecular flexibility index (Phi) is 6.72. The van der Waals surface area contributed by atoms with E-state index in [9.17, 15) is 28.4 Å². The summed E-state index contributed by atoms with van der Waals surface area (Å²) in [6.07, 6.45) is -1.23. The molecule has 1 aromatic rings. The Labute approximate surface area is 172 Å². The molecule has 1 fully saturated rings. The SMILES string of the molecule is CNC(=O)[C@H]1CN(c2ccc(C3=CCN(C(=O)[C@H](O)C#P=O)CC3)c(F)c2)C(=O)O1. The molecule has 1 aromatic carbocycles. The van der Waals surface area contributed by atoms with Gasteiger partial charge in [-0.25, -0.2) is 4.79 Å². The van der Waals surface area contributed by atoms with E-state index < -0.39 is 43.8 Å². The van der Waals surface area contributed by atoms with Crippen molar-refractivity contribution in [3.05, 3.63) is 35.7 Å². The maximum absolute atomic E-state index is 14.8. The Morgan fingerprint density at radius 3 is 2.80 bits per heavy atom. The summed E-state index contributed by atoms with van der Waals surface area (Å²) in [5, 5.41) is 12.0. The third-order valence-corrected chi connectivity index (χ3v) is 5.24. The number of hydrogen-bond donors (Lipinski definition) is 2. The number of aliphatic hydroxyl groups is 1. The zero-order valence-electron chi connectivity index (χ0n) is 16.0. The Balaban J connectivity index is 1.73. The van der Waals surface area contributed by atoms with Crippen molar-refractivity contribution in [2.45, 2.75) is 18.6 Å². The molecule has 0 bridgehead atoms. The second-order valence-electron chi connectivity index (χ2n) is 6.65. The van der Waals surface area contributed by atoms with E-state index in [1.807, 2.05) is 0 Å². The van der Waals surface area contributed by atoms with Gasteiger partial charge in [-0.15, -0.1) is 0 Å². The molecule has 2 atom stereocenters. The molecule has 158 valence electrons. The molecule has 0 saturated carbocycles. The first-order valence-corrected chi connectivity index (χ1v) is 9.90. The van der Waals surface area contributed by atoms with Crippen LogP contribution in [0.15, 0.2) is 24.3 Å². The van der Waals surface area contributed by atoms with Crippen LogP contribution in [0.5, 0.6) is 0 Å². The molecular weight excluding hydrogens is 416 g/mol. The molecule has 9 nitrogen and oxygen atoms in total. The number of nitrogens with one attached hydrogen (secondary N) is 1. The summed E-state index contributed by atoms with van der Waals surface area (Å²) in [6, 6.07) is 4.29. The topological polar surface area (TPSA) is 116 Å². The number of cyclic esters (lactones) is 1. The van der Waals surface area contributed by atoms with E-state index in [2.05, 4.69) is 10.9 Å². The molecule has 2 N–H and O–H groups in total. The second-order valence-corrected chi connectivity index (χ2v) is 7.09. The normalized spacial score (nSPS) is 19.5. The number of ether oxygens (including phenoxy) is 1. The number of aliphatic hydroxyl groups excluding tert-OH is 1. The van der Waals surface area contributed by atoms with Gasteiger partial charge >= 0.3 is 127 Å². The summed E-state index contributed by atoms with van der Waals surface area (Å²) in [7, 11) is 0.873. The Morgan fingerprint density at radius 1 is 1.43 bits per heavy atom. The molecule has 0 unspecified atom stereocenters. The molecule has 0 spiro atoms. The van der Waals surface area contributed by atoms with Crippen molar-refractivity contribution in [3.8, 4) is 5.63 Å². The number of carbonyl (C=O) groups excluding carboxylic acids is 3. The number of hydrogen-bond acceptors (Lipinski definition) is 6. The van der Waals surface area contributed by atoms with Crippen LogP contribution in [0.25, 0.3) is 5.57 Å². The van der Waals surface area contributed by atoms with Gasteiger partial charge in [0.25, 0.3) is 5.91 Å². The maximum atomic E-state index is 14.8. The molecule has 2 aliphatic rings. The zero-order valence-corrected chi connectivity index (χ0v) is 16.9. The largest absolute Gasteiger partial charge is 0.434 e. The molecule has 1 saturated heterocycles. The number of anilines is 1. The number of rotatable bonds is 4. The van der Waals surface area contributed by atoms with Crippen LogP contribution in [0, 0.1) is 11.4 Å². The van der Waals surface area contributed by atoms with Crippen LogP contribution >= 0.6 is 7.92 Å². The van der Waals surface area contributed by atoms with Crippen molar-refractivity contribution < 1.29 is 33.2 Å². The summed E-state index contributed by atoms with van der Waals surface area (Å²) in [6.45, 7) is 0.402. The first-order valence-electron chi connectivity index (χ1n) is 9.09. The van der Waals surface area contributed by atoms with Crippen LogP contribution in [0.3, 0.4) is 0 Å². The number of nitrogens with zero attached hydrogens (tertiary/aromatic N) is 2. The summed E-state index contributed by atoms with van der Waals surface area (Å²) in [4.78, 5) is 38.2. The van der Waals surface area contributed by atoms with Gasteiger partial charge in [0.2, 0.25) is 0 Å². The van der Waals surface area contributed by atoms with Crippen molar-refractivity contribution >= 4 is 37.1 Å². The summed E-state index contributed by atoms with van der Waals surface area (Å²) < 4.78 is 30.2. The number of carbonyl (C=O) groups is 3. The Hall–Kier alpha value is -2.93. The third-order valence-electron chi connectivity index (χ3n) is 4.89. The minimum Gasteiger partial charge on any atom is -0.434 e. The maximum Gasteiger partial charge on any atom is 0.415 e. The molecule has 11 heteroatoms. The molecule has 0 radical (unpaired) electrons. The Bertz CT molecular complexity index is 1020. The second kappa shape index (κ2) is 9.26. The first kappa shape index (κ1) is 21.8. The Morgan fingerprint density at radius 2 is 2.20 bits per heavy atom. The van der Waals surface area contributed by atoms with E-state index in [1.54, 1.807) is 12.1 Å². The molecule has 30 heavy (non-hydrogen) atoms. The number of likely N-dealkylation sites (N-methyl/N-ethyl adjacent to an activating group) is 1. The van der Waals surface area contributed by atoms with Crippen LogP contribution in [-0.4, -0.2) is 66.8 Å². The molecule has 2 heterocycles. The van der Waals surface area contributed by atoms with E-state index in [4.69, 9.17) is 4.74 Å². The molecule has 0 aromatic heterocycles. The zero-order chi connectivity index (χ0) is 21.8. The van der Waals surface area contributed by atoms with E-state index in [0.29, 0.717) is 17.6 Å². The average Bonchev–Trinajstić information content (AvgIpc) is 3.14. The third kappa shape index (κ3) is 4.46. The van der Waals surface area contributed by atoms with Gasteiger partial charge in [-0.05, 0) is 0 Å². The fraction of sp³-hybridized carbons (Fsp3) is 0.368. The minimum absolute atomic E-state index is 0.0176. The van der Waals surface area contributed by atoms with Crippen molar-refractivity contribution in [3.63, 3.8) is 0 Å². The smallest absolute Gasteiger partial charge is 0.415 e. The predicted molar refractivity (Wildman–Crippen MR) is 105 cm³/mol. The molecule has 0 aliphatic carbocycles. The number of amides is 3. The van der Waals surface area contributed by atoms with E-state index in [0.717, 1.165) is 0 Å². The standard InChI is InChI=1S/C19H19FN3O6P/c1-21-17(25)16-9-23(19(27)29-16)12-2-3-13(14(20)8-12)11-4-6-22(7-5-11)18(26)15(24)10-30-28/h2-4,8,15-16,24H,5-7,9H2,1H3,(H,21,25)/t15-,16-/m1/s1. The van der Waals surface area contributed by atoms with Gasteiger partial charge in [-0.2, -0.15) is 0 Å². The van der Waals surface area contributed by atoms with E-state index in [-0.39, 0.29) is 25.3 Å². The molecule has 2 aliphatic heterocycles. The monoisotopic (exact) mass is 435 g/mol. The number of halogens is 1. The van der Waals surface area contributed by atoms with Crippen LogP contribution in [0.4, 0.5) is 14.9 Å². The predicted octanol–water partition coefficient (Wildman–Crippen LogP) is 1.12. The van der Waals surface area contributed by atoms with Crippen LogP contribution < -0.4 is 10.2 Å².